The smallest absolute Gasteiger partial charge is 0.267 e. The van der Waals surface area contributed by atoms with Crippen LogP contribution >= 0.6 is 46.4 Å². The fourth-order valence-corrected chi connectivity index (χ4v) is 4.65. The van der Waals surface area contributed by atoms with Crippen LogP contribution < -0.4 is 0 Å². The molecule has 3 aromatic rings. The molecule has 0 aromatic heterocycles. The number of imide groups is 1. The Kier molecular flexibility index (Phi) is 7.07. The fourth-order valence-electron chi connectivity index (χ4n) is 3.64. The molecule has 4 rings (SSSR count). The zero-order valence-corrected chi connectivity index (χ0v) is 21.0. The maximum atomic E-state index is 13.6. The quantitative estimate of drug-likeness (QED) is 0.114. The number of benzene rings is 3. The van der Waals surface area contributed by atoms with Crippen molar-refractivity contribution in [2.75, 3.05) is 0 Å². The molecule has 1 aliphatic rings. The summed E-state index contributed by atoms with van der Waals surface area (Å²) in [5.41, 5.74) is -1.82. The lowest BCUT2D eigenvalue weighted by Gasteiger charge is -2.30. The molecule has 3 aromatic carbocycles. The average molecular weight is 584 g/mol. The first kappa shape index (κ1) is 26.3. The molecule has 0 aliphatic carbocycles. The van der Waals surface area contributed by atoms with Gasteiger partial charge in [-0.25, -0.2) is 5.01 Å². The molecule has 0 spiro atoms. The average Bonchev–Trinajstić information content (AvgIpc) is 3.14. The summed E-state index contributed by atoms with van der Waals surface area (Å²) in [7, 11) is 0. The number of carbonyl (C=O) groups is 3. The Balaban J connectivity index is 1.87. The third kappa shape index (κ3) is 4.46. The number of carbonyl (C=O) groups excluding carboxylic acids is 3. The molecule has 0 saturated heterocycles. The zero-order valence-electron chi connectivity index (χ0n) is 18.0. The van der Waals surface area contributed by atoms with Gasteiger partial charge in [0.25, 0.3) is 29.1 Å². The highest BCUT2D eigenvalue weighted by molar-refractivity contribution is 6.55. The summed E-state index contributed by atoms with van der Waals surface area (Å²) in [6.45, 7) is -0.495. The molecule has 0 radical (unpaired) electrons. The van der Waals surface area contributed by atoms with Crippen molar-refractivity contribution in [2.45, 2.75) is 6.54 Å². The Morgan fingerprint density at radius 3 is 1.78 bits per heavy atom. The number of fused-ring (bicyclic) bond motifs is 1. The molecule has 0 saturated carbocycles. The number of nitro groups is 2. The second kappa shape index (κ2) is 9.94. The number of para-hydroxylation sites is 1. The number of hydrazine groups is 1. The van der Waals surface area contributed by atoms with Crippen molar-refractivity contribution in [3.05, 3.63) is 111 Å². The van der Waals surface area contributed by atoms with Gasteiger partial charge >= 0.3 is 0 Å². The molecule has 1 aliphatic heterocycles. The van der Waals surface area contributed by atoms with E-state index >= 15 is 0 Å². The van der Waals surface area contributed by atoms with Crippen LogP contribution in [-0.2, 0) is 6.54 Å². The van der Waals surface area contributed by atoms with Crippen LogP contribution in [0.1, 0.15) is 36.6 Å². The summed E-state index contributed by atoms with van der Waals surface area (Å²) in [6, 6.07) is 9.81. The number of hydrogen-bond donors (Lipinski definition) is 0. The van der Waals surface area contributed by atoms with Gasteiger partial charge in [-0.2, -0.15) is 5.01 Å². The van der Waals surface area contributed by atoms with Crippen molar-refractivity contribution < 1.29 is 24.2 Å². The molecule has 0 bridgehead atoms. The highest BCUT2D eigenvalue weighted by Gasteiger charge is 2.46. The van der Waals surface area contributed by atoms with E-state index in [2.05, 4.69) is 0 Å². The Morgan fingerprint density at radius 1 is 0.784 bits per heavy atom. The zero-order chi connectivity index (χ0) is 27.2. The Bertz CT molecular complexity index is 1480. The predicted octanol–water partition coefficient (Wildman–Crippen LogP) is 5.97. The van der Waals surface area contributed by atoms with Gasteiger partial charge in [0.15, 0.2) is 0 Å². The SMILES string of the molecule is O=C(c1ccccc1[N+](=O)[O-])N(Cc1ccc([N+](=O)[O-])cc1)N1C(=O)c2c(Cl)c(Cl)c(Cl)c(Cl)c2C1=O. The minimum Gasteiger partial charge on any atom is -0.267 e. The number of nitrogens with zero attached hydrogens (tertiary/aromatic N) is 4. The predicted molar refractivity (Wildman–Crippen MR) is 133 cm³/mol. The lowest BCUT2D eigenvalue weighted by molar-refractivity contribution is -0.385. The van der Waals surface area contributed by atoms with E-state index in [1.54, 1.807) is 0 Å². The highest BCUT2D eigenvalue weighted by Crippen LogP contribution is 2.45. The number of rotatable bonds is 6. The minimum absolute atomic E-state index is 0.246. The first-order valence-corrected chi connectivity index (χ1v) is 11.5. The Labute approximate surface area is 226 Å². The van der Waals surface area contributed by atoms with Gasteiger partial charge in [-0.05, 0) is 11.6 Å². The molecule has 11 nitrogen and oxygen atoms in total. The molecule has 0 atom stereocenters. The van der Waals surface area contributed by atoms with Crippen molar-refractivity contribution in [1.82, 2.24) is 10.0 Å². The van der Waals surface area contributed by atoms with Gasteiger partial charge in [-0.1, -0.05) is 70.7 Å². The van der Waals surface area contributed by atoms with E-state index in [1.165, 1.54) is 24.3 Å². The second-order valence-electron chi connectivity index (χ2n) is 7.49. The van der Waals surface area contributed by atoms with E-state index in [0.717, 1.165) is 24.3 Å². The lowest BCUT2D eigenvalue weighted by atomic mass is 10.1. The monoisotopic (exact) mass is 582 g/mol. The number of halogens is 4. The summed E-state index contributed by atoms with van der Waals surface area (Å²) in [5, 5.41) is 22.3. The summed E-state index contributed by atoms with van der Waals surface area (Å²) in [5.74, 6) is -3.26. The fraction of sp³-hybridized carbons (Fsp3) is 0.0455. The number of nitro benzene ring substituents is 2. The van der Waals surface area contributed by atoms with Gasteiger partial charge in [0, 0.05) is 18.2 Å². The van der Waals surface area contributed by atoms with E-state index in [-0.39, 0.29) is 31.3 Å². The molecule has 37 heavy (non-hydrogen) atoms. The van der Waals surface area contributed by atoms with Crippen molar-refractivity contribution in [3.8, 4) is 0 Å². The Hall–Kier alpha value is -3.77. The van der Waals surface area contributed by atoms with Crippen molar-refractivity contribution in [2.24, 2.45) is 0 Å². The molecule has 15 heteroatoms. The molecular weight excluding hydrogens is 574 g/mol. The van der Waals surface area contributed by atoms with Gasteiger partial charge in [-0.3, -0.25) is 34.6 Å². The van der Waals surface area contributed by atoms with E-state index < -0.39 is 56.5 Å². The third-order valence-corrected chi connectivity index (χ3v) is 7.17. The maximum Gasteiger partial charge on any atom is 0.282 e. The van der Waals surface area contributed by atoms with Crippen LogP contribution in [0.4, 0.5) is 11.4 Å². The van der Waals surface area contributed by atoms with Crippen LogP contribution in [0, 0.1) is 20.2 Å². The summed E-state index contributed by atoms with van der Waals surface area (Å²) in [4.78, 5) is 61.6. The van der Waals surface area contributed by atoms with Crippen LogP contribution in [0.2, 0.25) is 20.1 Å². The molecule has 0 unspecified atom stereocenters. The standard InChI is InChI=1S/C22H10Cl4N4O7/c23-16-14-15(17(24)19(26)18(16)25)22(33)28(21(14)32)27(9-10-5-7-11(8-6-10)29(34)35)20(31)12-3-1-2-4-13(12)30(36)37/h1-8H,9H2. The largest absolute Gasteiger partial charge is 0.282 e. The van der Waals surface area contributed by atoms with E-state index in [9.17, 15) is 34.6 Å². The molecule has 0 N–H and O–H groups in total. The van der Waals surface area contributed by atoms with Crippen LogP contribution in [0.3, 0.4) is 0 Å². The van der Waals surface area contributed by atoms with Crippen LogP contribution in [0.15, 0.2) is 48.5 Å². The van der Waals surface area contributed by atoms with Crippen molar-refractivity contribution in [3.63, 3.8) is 0 Å². The van der Waals surface area contributed by atoms with E-state index in [4.69, 9.17) is 46.4 Å². The summed E-state index contributed by atoms with van der Waals surface area (Å²) < 4.78 is 0. The molecule has 3 amide bonds. The van der Waals surface area contributed by atoms with Crippen molar-refractivity contribution in [1.29, 1.82) is 0 Å². The molecule has 0 fully saturated rings. The molecule has 188 valence electrons. The maximum absolute atomic E-state index is 13.6. The van der Waals surface area contributed by atoms with Crippen LogP contribution in [-0.4, -0.2) is 37.6 Å². The van der Waals surface area contributed by atoms with Gasteiger partial charge < -0.3 is 0 Å². The minimum atomic E-state index is -1.09. The Morgan fingerprint density at radius 2 is 1.30 bits per heavy atom. The number of non-ortho nitro benzene ring substituents is 1. The molecule has 1 heterocycles. The van der Waals surface area contributed by atoms with E-state index in [1.807, 2.05) is 0 Å². The lowest BCUT2D eigenvalue weighted by Crippen LogP contribution is -2.49. The summed E-state index contributed by atoms with van der Waals surface area (Å²) >= 11 is 24.5. The summed E-state index contributed by atoms with van der Waals surface area (Å²) in [6.07, 6.45) is 0. The van der Waals surface area contributed by atoms with E-state index in [0.29, 0.717) is 10.0 Å². The highest BCUT2D eigenvalue weighted by atomic mass is 35.5. The van der Waals surface area contributed by atoms with Crippen LogP contribution in [0.25, 0.3) is 0 Å². The topological polar surface area (TPSA) is 144 Å². The normalized spacial score (nSPS) is 12.5. The third-order valence-electron chi connectivity index (χ3n) is 5.37. The van der Waals surface area contributed by atoms with Crippen LogP contribution in [0.5, 0.6) is 0 Å². The van der Waals surface area contributed by atoms with Crippen molar-refractivity contribution >= 4 is 75.5 Å². The van der Waals surface area contributed by atoms with Gasteiger partial charge in [0.05, 0.1) is 47.6 Å². The molecular formula is C22H10Cl4N4O7. The van der Waals surface area contributed by atoms with Gasteiger partial charge in [0.1, 0.15) is 5.56 Å². The van der Waals surface area contributed by atoms with Gasteiger partial charge in [0.2, 0.25) is 0 Å². The number of amides is 3. The second-order valence-corrected chi connectivity index (χ2v) is 9.00. The first-order valence-electron chi connectivity index (χ1n) is 9.99. The van der Waals surface area contributed by atoms with Gasteiger partial charge in [-0.15, -0.1) is 0 Å². The number of hydrogen-bond acceptors (Lipinski definition) is 7. The first-order chi connectivity index (χ1) is 17.5.